The molecule has 7 atom stereocenters. The smallest absolute Gasteiger partial charge is 0.326 e. The Morgan fingerprint density at radius 3 is 2.30 bits per heavy atom. The molecule has 4 rings (SSSR count). The summed E-state index contributed by atoms with van der Waals surface area (Å²) >= 11 is 0. The normalized spacial score (nSPS) is 16.6. The number of nitrogens with zero attached hydrogens (tertiary/aromatic N) is 3. The number of aliphatic hydroxyl groups is 1. The Morgan fingerprint density at radius 2 is 1.67 bits per heavy atom. The van der Waals surface area contributed by atoms with Crippen LogP contribution in [0.15, 0.2) is 46.2 Å². The van der Waals surface area contributed by atoms with E-state index in [0.717, 1.165) is 12.1 Å². The minimum absolute atomic E-state index is 0.00593. The van der Waals surface area contributed by atoms with Crippen molar-refractivity contribution in [1.82, 2.24) is 31.2 Å². The third kappa shape index (κ3) is 12.5. The van der Waals surface area contributed by atoms with Gasteiger partial charge < -0.3 is 58.6 Å². The van der Waals surface area contributed by atoms with E-state index >= 15 is 0 Å². The molecule has 0 radical (unpaired) electrons. The van der Waals surface area contributed by atoms with Crippen LogP contribution in [0.25, 0.3) is 21.8 Å². The number of primary amides is 1. The van der Waals surface area contributed by atoms with E-state index in [1.807, 2.05) is 13.8 Å². The molecule has 1 saturated heterocycles. The summed E-state index contributed by atoms with van der Waals surface area (Å²) in [5, 5.41) is 43.1. The van der Waals surface area contributed by atoms with Gasteiger partial charge in [-0.2, -0.15) is 0 Å². The van der Waals surface area contributed by atoms with Crippen LogP contribution < -0.4 is 43.9 Å². The lowest BCUT2D eigenvalue weighted by Gasteiger charge is -2.31. The van der Waals surface area contributed by atoms with E-state index in [2.05, 4.69) is 31.2 Å². The van der Waals surface area contributed by atoms with E-state index in [4.69, 9.17) is 17.2 Å². The summed E-state index contributed by atoms with van der Waals surface area (Å²) in [6.45, 7) is 5.57. The van der Waals surface area contributed by atoms with Crippen LogP contribution in [0.4, 0.5) is 5.69 Å². The number of hydrogen-bond donors (Lipinski definition) is 10. The van der Waals surface area contributed by atoms with Gasteiger partial charge in [0, 0.05) is 30.1 Å². The van der Waals surface area contributed by atoms with Gasteiger partial charge >= 0.3 is 5.97 Å². The van der Waals surface area contributed by atoms with Crippen molar-refractivity contribution >= 4 is 69.0 Å². The molecule has 22 heteroatoms. The monoisotopic (exact) mass is 879 g/mol. The van der Waals surface area contributed by atoms with Crippen molar-refractivity contribution in [1.29, 1.82) is 0 Å². The van der Waals surface area contributed by atoms with E-state index in [1.165, 1.54) is 17.9 Å². The standard InChI is InChI=1S/C41H57N11O11/c1-4-21(2)31(35(42)55)45-18-8-7-13-26(39(59)51-20-10-15-29(51)37(57)49-27(40(60)61)14-9-19-46-41(43)44)48-38(58)32(22(3)53)50-36(56)24-16-17-28(52(62)63)30-33(24)47-25-12-6-5-11-23(25)34(30)54/h5-6,11-12,16-17,21-22,26-27,29,31-32,45,53H,4,7-10,13-15,18-20H2,1-3H3,(H2,42,55)(H,47,54)(H,48,58)(H,49,57)(H,50,56)(H,60,61)(H4,43,44,46)/t21-,22+,26-,27-,29-,31-,32-/m0/s1. The number of benzene rings is 2. The number of carboxylic acid groups (broad SMARTS) is 1. The SMILES string of the molecule is CC[C@H](C)[C@H](NCCCC[C@H](NC(=O)[C@@H](NC(=O)c1ccc([N+](=O)[O-])c2c(=O)c3ccccc3[nH]c12)[C@@H](C)O)C(=O)N1CCC[C@H]1C(=O)N[C@@H](CCCN=C(N)N)C(=O)O)C(N)=O. The maximum absolute atomic E-state index is 14.3. The fourth-order valence-corrected chi connectivity index (χ4v) is 7.58. The minimum Gasteiger partial charge on any atom is -0.480 e. The van der Waals surface area contributed by atoms with Crippen molar-refractivity contribution in [3.8, 4) is 0 Å². The van der Waals surface area contributed by atoms with Crippen LogP contribution in [0.3, 0.4) is 0 Å². The molecular formula is C41H57N11O11. The number of hydrogen-bond acceptors (Lipinski definition) is 12. The second-order valence-corrected chi connectivity index (χ2v) is 15.6. The molecule has 0 bridgehead atoms. The van der Waals surface area contributed by atoms with Crippen LogP contribution in [-0.4, -0.2) is 122 Å². The average molecular weight is 880 g/mol. The third-order valence-electron chi connectivity index (χ3n) is 11.2. The molecule has 1 aromatic heterocycles. The quantitative estimate of drug-likeness (QED) is 0.0148. The number of nitro groups is 1. The number of nitrogens with one attached hydrogen (secondary N) is 5. The number of non-ortho nitro benzene ring substituents is 1. The van der Waals surface area contributed by atoms with Crippen LogP contribution in [0.2, 0.25) is 0 Å². The molecule has 1 aliphatic rings. The Kier molecular flexibility index (Phi) is 17.4. The second-order valence-electron chi connectivity index (χ2n) is 15.6. The van der Waals surface area contributed by atoms with Crippen molar-refractivity contribution in [3.05, 3.63) is 62.3 Å². The molecule has 0 saturated carbocycles. The number of aliphatic imine (C=N–C) groups is 1. The van der Waals surface area contributed by atoms with Crippen LogP contribution in [0, 0.1) is 16.0 Å². The van der Waals surface area contributed by atoms with E-state index < -0.39 is 87.9 Å². The number of likely N-dealkylation sites (tertiary alicyclic amines) is 1. The zero-order valence-electron chi connectivity index (χ0n) is 35.4. The van der Waals surface area contributed by atoms with Gasteiger partial charge in [-0.3, -0.25) is 43.9 Å². The molecule has 22 nitrogen and oxygen atoms in total. The van der Waals surface area contributed by atoms with Crippen LogP contribution in [0.1, 0.15) is 82.5 Å². The Morgan fingerprint density at radius 1 is 0.968 bits per heavy atom. The molecule has 2 aromatic carbocycles. The van der Waals surface area contributed by atoms with Crippen LogP contribution in [0.5, 0.6) is 0 Å². The molecule has 342 valence electrons. The Labute approximate surface area is 361 Å². The van der Waals surface area contributed by atoms with Gasteiger partial charge in [0.25, 0.3) is 11.6 Å². The number of para-hydroxylation sites is 1. The van der Waals surface area contributed by atoms with E-state index in [0.29, 0.717) is 32.2 Å². The number of aromatic nitrogens is 1. The predicted octanol–water partition coefficient (Wildman–Crippen LogP) is -0.173. The number of aliphatic carboxylic acids is 1. The van der Waals surface area contributed by atoms with Crippen LogP contribution in [-0.2, 0) is 24.0 Å². The summed E-state index contributed by atoms with van der Waals surface area (Å²) in [7, 11) is 0. The fourth-order valence-electron chi connectivity index (χ4n) is 7.58. The number of pyridine rings is 1. The van der Waals surface area contributed by atoms with Crippen molar-refractivity contribution in [2.45, 2.75) is 108 Å². The molecule has 1 aliphatic heterocycles. The minimum atomic E-state index is -1.70. The van der Waals surface area contributed by atoms with Crippen molar-refractivity contribution in [2.24, 2.45) is 28.1 Å². The molecule has 63 heavy (non-hydrogen) atoms. The Bertz CT molecular complexity index is 2280. The zero-order valence-corrected chi connectivity index (χ0v) is 35.4. The van der Waals surface area contributed by atoms with Crippen molar-refractivity contribution < 1.29 is 43.9 Å². The van der Waals surface area contributed by atoms with E-state index in [9.17, 15) is 53.9 Å². The third-order valence-corrected chi connectivity index (χ3v) is 11.2. The zero-order chi connectivity index (χ0) is 46.5. The number of carbonyl (C=O) groups excluding carboxylic acids is 5. The number of carbonyl (C=O) groups is 6. The van der Waals surface area contributed by atoms with Gasteiger partial charge in [-0.1, -0.05) is 32.4 Å². The number of carboxylic acids is 1. The number of aromatic amines is 1. The van der Waals surface area contributed by atoms with Gasteiger partial charge in [-0.15, -0.1) is 0 Å². The molecule has 0 spiro atoms. The number of fused-ring (bicyclic) bond motifs is 2. The molecule has 5 amide bonds. The van der Waals surface area contributed by atoms with Crippen molar-refractivity contribution in [3.63, 3.8) is 0 Å². The number of unbranched alkanes of at least 4 members (excludes halogenated alkanes) is 1. The number of rotatable bonds is 23. The largest absolute Gasteiger partial charge is 0.480 e. The first-order valence-corrected chi connectivity index (χ1v) is 20.8. The first-order valence-electron chi connectivity index (χ1n) is 20.8. The van der Waals surface area contributed by atoms with Gasteiger partial charge in [0.2, 0.25) is 29.1 Å². The lowest BCUT2D eigenvalue weighted by Crippen LogP contribution is -2.59. The summed E-state index contributed by atoms with van der Waals surface area (Å²) in [6, 6.07) is 2.30. The number of aliphatic hydroxyl groups excluding tert-OH is 1. The molecule has 2 heterocycles. The number of nitrogens with two attached hydrogens (primary N) is 3. The molecule has 13 N–H and O–H groups in total. The van der Waals surface area contributed by atoms with Gasteiger partial charge in [-0.25, -0.2) is 4.79 Å². The maximum Gasteiger partial charge on any atom is 0.326 e. The Balaban J connectivity index is 1.59. The molecule has 1 fully saturated rings. The molecule has 3 aromatic rings. The molecule has 0 aliphatic carbocycles. The second kappa shape index (κ2) is 22.4. The highest BCUT2D eigenvalue weighted by Gasteiger charge is 2.40. The molecular weight excluding hydrogens is 823 g/mol. The predicted molar refractivity (Wildman–Crippen MR) is 232 cm³/mol. The van der Waals surface area contributed by atoms with Gasteiger partial charge in [0.15, 0.2) is 5.96 Å². The summed E-state index contributed by atoms with van der Waals surface area (Å²) in [4.78, 5) is 113. The summed E-state index contributed by atoms with van der Waals surface area (Å²) in [5.41, 5.74) is 14.9. The number of H-pyrrole nitrogens is 1. The van der Waals surface area contributed by atoms with Crippen molar-refractivity contribution in [2.75, 3.05) is 19.6 Å². The topological polar surface area (TPSA) is 361 Å². The molecule has 0 unspecified atom stereocenters. The highest BCUT2D eigenvalue weighted by atomic mass is 16.6. The summed E-state index contributed by atoms with van der Waals surface area (Å²) in [6.07, 6.45) is 0.663. The maximum atomic E-state index is 14.3. The summed E-state index contributed by atoms with van der Waals surface area (Å²) < 4.78 is 0. The van der Waals surface area contributed by atoms with Gasteiger partial charge in [0.05, 0.1) is 28.1 Å². The van der Waals surface area contributed by atoms with Gasteiger partial charge in [0.1, 0.15) is 29.6 Å². The average Bonchev–Trinajstić information content (AvgIpc) is 3.73. The Hall–Kier alpha value is -6.68. The number of nitro benzene ring substituents is 1. The van der Waals surface area contributed by atoms with Crippen LogP contribution >= 0.6 is 0 Å². The lowest BCUT2D eigenvalue weighted by atomic mass is 9.98. The summed E-state index contributed by atoms with van der Waals surface area (Å²) in [5.74, 6) is -5.41. The van der Waals surface area contributed by atoms with E-state index in [1.54, 1.807) is 18.2 Å². The number of guanidine groups is 1. The number of amides is 5. The first kappa shape index (κ1) is 49.0. The fraction of sp³-hybridized carbons (Fsp3) is 0.512. The first-order chi connectivity index (χ1) is 29.9. The highest BCUT2D eigenvalue weighted by Crippen LogP contribution is 2.27. The lowest BCUT2D eigenvalue weighted by molar-refractivity contribution is -0.383. The van der Waals surface area contributed by atoms with Gasteiger partial charge in [-0.05, 0) is 82.5 Å². The van der Waals surface area contributed by atoms with E-state index in [-0.39, 0.29) is 78.0 Å². The highest BCUT2D eigenvalue weighted by molar-refractivity contribution is 6.11.